The van der Waals surface area contributed by atoms with Crippen molar-refractivity contribution in [2.24, 2.45) is 21.8 Å². The minimum absolute atomic E-state index is 0.197. The first kappa shape index (κ1) is 12.3. The SMILES string of the molecule is CC1=NNC=C(C(C)(C)C)C1C(C)(C)C. The predicted molar refractivity (Wildman–Crippen MR) is 66.7 cm³/mol. The molecule has 0 bridgehead atoms. The molecule has 1 unspecified atom stereocenters. The second-order valence-electron chi connectivity index (χ2n) is 6.53. The van der Waals surface area contributed by atoms with E-state index in [1.807, 2.05) is 0 Å². The Balaban J connectivity index is 3.12. The number of allylic oxidation sites excluding steroid dienone is 1. The van der Waals surface area contributed by atoms with Gasteiger partial charge < -0.3 is 0 Å². The first-order valence-electron chi connectivity index (χ1n) is 5.64. The molecule has 0 fully saturated rings. The van der Waals surface area contributed by atoms with Gasteiger partial charge in [0.15, 0.2) is 0 Å². The smallest absolute Gasteiger partial charge is 0.0428 e. The number of hydrazone groups is 1. The Hall–Kier alpha value is -0.790. The van der Waals surface area contributed by atoms with Crippen LogP contribution in [0.5, 0.6) is 0 Å². The standard InChI is InChI=1S/C13H24N2/c1-9-11(13(5,6)7)10(8-14-15-9)12(2,3)4/h8,11,14H,1-7H3. The molecule has 0 radical (unpaired) electrons. The summed E-state index contributed by atoms with van der Waals surface area (Å²) in [5.74, 6) is 0.443. The van der Waals surface area contributed by atoms with Crippen molar-refractivity contribution in [2.45, 2.75) is 48.5 Å². The molecule has 0 aromatic rings. The summed E-state index contributed by atoms with van der Waals surface area (Å²) in [6.45, 7) is 15.7. The van der Waals surface area contributed by atoms with Crippen molar-refractivity contribution in [2.75, 3.05) is 0 Å². The van der Waals surface area contributed by atoms with Gasteiger partial charge in [-0.25, -0.2) is 0 Å². The molecule has 1 atom stereocenters. The van der Waals surface area contributed by atoms with Crippen LogP contribution in [0.4, 0.5) is 0 Å². The highest BCUT2D eigenvalue weighted by Gasteiger charge is 2.37. The zero-order valence-electron chi connectivity index (χ0n) is 11.1. The molecule has 0 aliphatic carbocycles. The lowest BCUT2D eigenvalue weighted by molar-refractivity contribution is 0.297. The lowest BCUT2D eigenvalue weighted by atomic mass is 9.66. The lowest BCUT2D eigenvalue weighted by Crippen LogP contribution is -2.37. The largest absolute Gasteiger partial charge is 0.286 e. The van der Waals surface area contributed by atoms with Gasteiger partial charge in [0.25, 0.3) is 0 Å². The fourth-order valence-electron chi connectivity index (χ4n) is 2.32. The van der Waals surface area contributed by atoms with Gasteiger partial charge in [-0.2, -0.15) is 5.10 Å². The summed E-state index contributed by atoms with van der Waals surface area (Å²) in [6, 6.07) is 0. The maximum absolute atomic E-state index is 4.33. The molecule has 1 N–H and O–H groups in total. The van der Waals surface area contributed by atoms with E-state index in [0.29, 0.717) is 5.92 Å². The van der Waals surface area contributed by atoms with Crippen LogP contribution in [-0.4, -0.2) is 5.71 Å². The van der Waals surface area contributed by atoms with Gasteiger partial charge in [-0.15, -0.1) is 0 Å². The Bertz CT molecular complexity index is 297. The molecule has 1 rings (SSSR count). The quantitative estimate of drug-likeness (QED) is 0.646. The van der Waals surface area contributed by atoms with Crippen LogP contribution < -0.4 is 5.43 Å². The molecule has 15 heavy (non-hydrogen) atoms. The lowest BCUT2D eigenvalue weighted by Gasteiger charge is -2.40. The van der Waals surface area contributed by atoms with Gasteiger partial charge in [0, 0.05) is 17.8 Å². The van der Waals surface area contributed by atoms with Crippen molar-refractivity contribution < 1.29 is 0 Å². The van der Waals surface area contributed by atoms with E-state index in [4.69, 9.17) is 0 Å². The van der Waals surface area contributed by atoms with Crippen LogP contribution in [0, 0.1) is 16.7 Å². The van der Waals surface area contributed by atoms with Crippen molar-refractivity contribution >= 4 is 5.71 Å². The van der Waals surface area contributed by atoms with Gasteiger partial charge in [0.1, 0.15) is 0 Å². The predicted octanol–water partition coefficient (Wildman–Crippen LogP) is 3.56. The van der Waals surface area contributed by atoms with Crippen LogP contribution in [0.3, 0.4) is 0 Å². The molecule has 1 heterocycles. The van der Waals surface area contributed by atoms with Crippen LogP contribution in [0.1, 0.15) is 48.5 Å². The van der Waals surface area contributed by atoms with E-state index in [9.17, 15) is 0 Å². The van der Waals surface area contributed by atoms with Crippen LogP contribution in [0.25, 0.3) is 0 Å². The van der Waals surface area contributed by atoms with Gasteiger partial charge >= 0.3 is 0 Å². The van der Waals surface area contributed by atoms with E-state index in [0.717, 1.165) is 0 Å². The third-order valence-electron chi connectivity index (χ3n) is 2.92. The topological polar surface area (TPSA) is 24.4 Å². The number of nitrogens with zero attached hydrogens (tertiary/aromatic N) is 1. The number of nitrogens with one attached hydrogen (secondary N) is 1. The fraction of sp³-hybridized carbons (Fsp3) is 0.769. The highest BCUT2D eigenvalue weighted by atomic mass is 15.3. The Morgan fingerprint density at radius 2 is 1.67 bits per heavy atom. The second-order valence-corrected chi connectivity index (χ2v) is 6.53. The first-order chi connectivity index (χ1) is 6.64. The van der Waals surface area contributed by atoms with E-state index in [1.54, 1.807) is 0 Å². The molecule has 0 aromatic carbocycles. The minimum atomic E-state index is 0.197. The average Bonchev–Trinajstić information content (AvgIpc) is 1.99. The minimum Gasteiger partial charge on any atom is -0.286 e. The van der Waals surface area contributed by atoms with Gasteiger partial charge in [-0.05, 0) is 23.3 Å². The van der Waals surface area contributed by atoms with Gasteiger partial charge in [0.05, 0.1) is 0 Å². The zero-order valence-corrected chi connectivity index (χ0v) is 11.1. The average molecular weight is 208 g/mol. The number of hydrogen-bond acceptors (Lipinski definition) is 2. The molecule has 2 nitrogen and oxygen atoms in total. The summed E-state index contributed by atoms with van der Waals surface area (Å²) < 4.78 is 0. The highest BCUT2D eigenvalue weighted by Crippen LogP contribution is 2.42. The van der Waals surface area contributed by atoms with Gasteiger partial charge in [-0.1, -0.05) is 41.5 Å². The zero-order chi connectivity index (χ0) is 11.9. The van der Waals surface area contributed by atoms with Crippen molar-refractivity contribution in [1.82, 2.24) is 5.43 Å². The van der Waals surface area contributed by atoms with Crippen molar-refractivity contribution in [3.63, 3.8) is 0 Å². The monoisotopic (exact) mass is 208 g/mol. The molecule has 86 valence electrons. The molecule has 0 spiro atoms. The van der Waals surface area contributed by atoms with Crippen LogP contribution in [0.2, 0.25) is 0 Å². The maximum atomic E-state index is 4.33. The van der Waals surface area contributed by atoms with E-state index < -0.39 is 0 Å². The van der Waals surface area contributed by atoms with E-state index in [1.165, 1.54) is 11.3 Å². The Labute approximate surface area is 93.8 Å². The van der Waals surface area contributed by atoms with Crippen LogP contribution >= 0.6 is 0 Å². The van der Waals surface area contributed by atoms with Crippen molar-refractivity contribution in [3.8, 4) is 0 Å². The summed E-state index contributed by atoms with van der Waals surface area (Å²) in [5, 5.41) is 4.33. The Kier molecular flexibility index (Phi) is 2.99. The molecule has 0 saturated heterocycles. The summed E-state index contributed by atoms with van der Waals surface area (Å²) in [5.41, 5.74) is 6.08. The molecular weight excluding hydrogens is 184 g/mol. The third kappa shape index (κ3) is 2.61. The molecule has 0 aromatic heterocycles. The number of rotatable bonds is 0. The Morgan fingerprint density at radius 1 is 1.13 bits per heavy atom. The molecule has 2 heteroatoms. The van der Waals surface area contributed by atoms with Crippen molar-refractivity contribution in [3.05, 3.63) is 11.8 Å². The third-order valence-corrected chi connectivity index (χ3v) is 2.92. The van der Waals surface area contributed by atoms with Crippen LogP contribution in [-0.2, 0) is 0 Å². The van der Waals surface area contributed by atoms with Gasteiger partial charge in [0.2, 0.25) is 0 Å². The molecule has 0 amide bonds. The summed E-state index contributed by atoms with van der Waals surface area (Å²) >= 11 is 0. The van der Waals surface area contributed by atoms with Crippen molar-refractivity contribution in [1.29, 1.82) is 0 Å². The normalized spacial score (nSPS) is 23.0. The van der Waals surface area contributed by atoms with E-state index in [2.05, 4.69) is 65.2 Å². The molecule has 1 aliphatic heterocycles. The maximum Gasteiger partial charge on any atom is 0.0428 e. The summed E-state index contributed by atoms with van der Waals surface area (Å²) in [6.07, 6.45) is 2.07. The second kappa shape index (κ2) is 3.66. The first-order valence-corrected chi connectivity index (χ1v) is 5.64. The van der Waals surface area contributed by atoms with E-state index >= 15 is 0 Å². The van der Waals surface area contributed by atoms with E-state index in [-0.39, 0.29) is 10.8 Å². The van der Waals surface area contributed by atoms with Crippen LogP contribution in [0.15, 0.2) is 16.9 Å². The molecule has 0 saturated carbocycles. The summed E-state index contributed by atoms with van der Waals surface area (Å²) in [4.78, 5) is 0. The Morgan fingerprint density at radius 3 is 2.00 bits per heavy atom. The fourth-order valence-corrected chi connectivity index (χ4v) is 2.32. The highest BCUT2D eigenvalue weighted by molar-refractivity contribution is 5.88. The molecule has 1 aliphatic rings. The number of hydrogen-bond donors (Lipinski definition) is 1. The summed E-state index contributed by atoms with van der Waals surface area (Å²) in [7, 11) is 0. The van der Waals surface area contributed by atoms with Gasteiger partial charge in [-0.3, -0.25) is 5.43 Å². The molecular formula is C13H24N2.